The number of carbonyl (C=O) groups excluding carboxylic acids is 1. The fraction of sp³-hybridized carbons (Fsp3) is 0.0714. The van der Waals surface area contributed by atoms with Gasteiger partial charge in [0.25, 0.3) is 5.91 Å². The van der Waals surface area contributed by atoms with Crippen LogP contribution in [0, 0.1) is 17.5 Å². The van der Waals surface area contributed by atoms with Crippen molar-refractivity contribution in [3.05, 3.63) is 59.4 Å². The molecule has 0 aliphatic carbocycles. The van der Waals surface area contributed by atoms with Gasteiger partial charge in [-0.2, -0.15) is 0 Å². The summed E-state index contributed by atoms with van der Waals surface area (Å²) in [5.74, 6) is 1.59. The second-order valence-corrected chi connectivity index (χ2v) is 4.27. The highest BCUT2D eigenvalue weighted by Gasteiger charge is 2.20. The van der Waals surface area contributed by atoms with Gasteiger partial charge in [-0.1, -0.05) is 12.1 Å². The van der Waals surface area contributed by atoms with Crippen LogP contribution in [0.25, 0.3) is 0 Å². The van der Waals surface area contributed by atoms with Crippen molar-refractivity contribution in [3.63, 3.8) is 0 Å². The van der Waals surface area contributed by atoms with Gasteiger partial charge in [0.15, 0.2) is 11.6 Å². The van der Waals surface area contributed by atoms with Gasteiger partial charge in [0.2, 0.25) is 0 Å². The van der Waals surface area contributed by atoms with Gasteiger partial charge in [0.1, 0.15) is 11.5 Å². The molecule has 2 rings (SSSR count). The molecule has 7 heteroatoms. The van der Waals surface area contributed by atoms with Crippen molar-refractivity contribution in [1.82, 2.24) is 0 Å². The van der Waals surface area contributed by atoms with Crippen molar-refractivity contribution in [2.24, 2.45) is 5.84 Å². The molecule has 0 unspecified atom stereocenters. The molecule has 0 spiro atoms. The molecule has 0 saturated carbocycles. The molecule has 0 radical (unpaired) electrons. The standard InChI is InChI=1S/C14H12F3N3O/c1-20(12-5-3-2-4-9(12)15)14(21)8-6-10(16)13(19-18)11(17)7-8/h2-7,19H,18H2,1H3. The van der Waals surface area contributed by atoms with Gasteiger partial charge in [-0.3, -0.25) is 10.6 Å². The quantitative estimate of drug-likeness (QED) is 0.676. The lowest BCUT2D eigenvalue weighted by Crippen LogP contribution is -2.27. The third-order valence-corrected chi connectivity index (χ3v) is 2.95. The van der Waals surface area contributed by atoms with Crippen LogP contribution in [0.1, 0.15) is 10.4 Å². The number of amides is 1. The fourth-order valence-electron chi connectivity index (χ4n) is 1.86. The minimum atomic E-state index is -1.01. The molecule has 0 saturated heterocycles. The SMILES string of the molecule is CN(C(=O)c1cc(F)c(NN)c(F)c1)c1ccccc1F. The van der Waals surface area contributed by atoms with Crippen molar-refractivity contribution >= 4 is 17.3 Å². The number of halogens is 3. The van der Waals surface area contributed by atoms with Crippen LogP contribution in [0.5, 0.6) is 0 Å². The first-order chi connectivity index (χ1) is 9.95. The molecule has 0 heterocycles. The second-order valence-electron chi connectivity index (χ2n) is 4.27. The Kier molecular flexibility index (Phi) is 4.13. The number of hydrazine groups is 1. The Hall–Kier alpha value is -2.54. The Morgan fingerprint density at radius 3 is 2.19 bits per heavy atom. The number of nitrogen functional groups attached to an aromatic ring is 1. The van der Waals surface area contributed by atoms with Crippen molar-refractivity contribution in [2.45, 2.75) is 0 Å². The molecular formula is C14H12F3N3O. The lowest BCUT2D eigenvalue weighted by molar-refractivity contribution is 0.0991. The van der Waals surface area contributed by atoms with Crippen LogP contribution in [0.2, 0.25) is 0 Å². The average molecular weight is 295 g/mol. The zero-order chi connectivity index (χ0) is 15.6. The van der Waals surface area contributed by atoms with Gasteiger partial charge in [0, 0.05) is 12.6 Å². The molecule has 0 aliphatic heterocycles. The van der Waals surface area contributed by atoms with E-state index in [0.717, 1.165) is 17.0 Å². The summed E-state index contributed by atoms with van der Waals surface area (Å²) >= 11 is 0. The predicted octanol–water partition coefficient (Wildman–Crippen LogP) is 2.67. The summed E-state index contributed by atoms with van der Waals surface area (Å²) in [5.41, 5.74) is 1.07. The van der Waals surface area contributed by atoms with Gasteiger partial charge in [-0.15, -0.1) is 0 Å². The monoisotopic (exact) mass is 295 g/mol. The smallest absolute Gasteiger partial charge is 0.258 e. The largest absolute Gasteiger partial charge is 0.319 e. The topological polar surface area (TPSA) is 58.4 Å². The second kappa shape index (κ2) is 5.84. The minimum Gasteiger partial charge on any atom is -0.319 e. The molecule has 21 heavy (non-hydrogen) atoms. The lowest BCUT2D eigenvalue weighted by Gasteiger charge is -2.18. The molecule has 0 fully saturated rings. The van der Waals surface area contributed by atoms with Crippen molar-refractivity contribution in [1.29, 1.82) is 0 Å². The van der Waals surface area contributed by atoms with E-state index >= 15 is 0 Å². The van der Waals surface area contributed by atoms with Crippen LogP contribution in [-0.4, -0.2) is 13.0 Å². The van der Waals surface area contributed by atoms with E-state index in [1.807, 2.05) is 5.43 Å². The van der Waals surface area contributed by atoms with Crippen LogP contribution in [0.4, 0.5) is 24.5 Å². The van der Waals surface area contributed by atoms with Crippen molar-refractivity contribution in [3.8, 4) is 0 Å². The third kappa shape index (κ3) is 2.82. The highest BCUT2D eigenvalue weighted by Crippen LogP contribution is 2.23. The van der Waals surface area contributed by atoms with E-state index in [4.69, 9.17) is 5.84 Å². The fourth-order valence-corrected chi connectivity index (χ4v) is 1.86. The molecule has 2 aromatic carbocycles. The summed E-state index contributed by atoms with van der Waals surface area (Å²) in [5, 5.41) is 0. The molecule has 0 aromatic heterocycles. The number of nitrogens with two attached hydrogens (primary N) is 1. The number of rotatable bonds is 3. The van der Waals surface area contributed by atoms with Gasteiger partial charge in [0.05, 0.1) is 5.69 Å². The molecule has 3 N–H and O–H groups in total. The molecular weight excluding hydrogens is 283 g/mol. The number of hydrogen-bond donors (Lipinski definition) is 2. The normalized spacial score (nSPS) is 10.3. The molecule has 1 amide bonds. The van der Waals surface area contributed by atoms with Crippen LogP contribution < -0.4 is 16.2 Å². The van der Waals surface area contributed by atoms with Gasteiger partial charge in [-0.25, -0.2) is 13.2 Å². The maximum absolute atomic E-state index is 13.6. The summed E-state index contributed by atoms with van der Waals surface area (Å²) in [6, 6.07) is 7.25. The minimum absolute atomic E-state index is 0.00402. The van der Waals surface area contributed by atoms with Gasteiger partial charge in [-0.05, 0) is 24.3 Å². The Bertz CT molecular complexity index is 668. The number of hydrogen-bond acceptors (Lipinski definition) is 3. The lowest BCUT2D eigenvalue weighted by atomic mass is 10.1. The number of nitrogens with one attached hydrogen (secondary N) is 1. The van der Waals surface area contributed by atoms with Crippen LogP contribution in [-0.2, 0) is 0 Å². The first-order valence-corrected chi connectivity index (χ1v) is 5.94. The summed E-state index contributed by atoms with van der Waals surface area (Å²) in [6.07, 6.45) is 0. The van der Waals surface area contributed by atoms with E-state index in [9.17, 15) is 18.0 Å². The van der Waals surface area contributed by atoms with Gasteiger partial charge >= 0.3 is 0 Å². The summed E-state index contributed by atoms with van der Waals surface area (Å²) in [7, 11) is 1.31. The van der Waals surface area contributed by atoms with E-state index in [2.05, 4.69) is 0 Å². The molecule has 2 aromatic rings. The predicted molar refractivity (Wildman–Crippen MR) is 73.3 cm³/mol. The summed E-state index contributed by atoms with van der Waals surface area (Å²) < 4.78 is 40.8. The zero-order valence-corrected chi connectivity index (χ0v) is 11.0. The molecule has 4 nitrogen and oxygen atoms in total. The molecule has 0 aliphatic rings. The van der Waals surface area contributed by atoms with Crippen LogP contribution in [0.3, 0.4) is 0 Å². The van der Waals surface area contributed by atoms with Crippen molar-refractivity contribution in [2.75, 3.05) is 17.4 Å². The Balaban J connectivity index is 2.39. The van der Waals surface area contributed by atoms with E-state index in [0.29, 0.717) is 0 Å². The summed E-state index contributed by atoms with van der Waals surface area (Å²) in [6.45, 7) is 0. The van der Waals surface area contributed by atoms with Crippen LogP contribution in [0.15, 0.2) is 36.4 Å². The van der Waals surface area contributed by atoms with Crippen LogP contribution >= 0.6 is 0 Å². The maximum atomic E-state index is 13.6. The number of carbonyl (C=O) groups is 1. The highest BCUT2D eigenvalue weighted by molar-refractivity contribution is 6.06. The van der Waals surface area contributed by atoms with E-state index < -0.39 is 29.0 Å². The average Bonchev–Trinajstić information content (AvgIpc) is 2.46. The molecule has 0 bridgehead atoms. The first kappa shape index (κ1) is 14.9. The highest BCUT2D eigenvalue weighted by atomic mass is 19.1. The Morgan fingerprint density at radius 1 is 1.10 bits per heavy atom. The third-order valence-electron chi connectivity index (χ3n) is 2.95. The van der Waals surface area contributed by atoms with Gasteiger partial charge < -0.3 is 10.3 Å². The Labute approximate surface area is 118 Å². The molecule has 110 valence electrons. The van der Waals surface area contributed by atoms with E-state index in [1.165, 1.54) is 25.2 Å². The molecule has 0 atom stereocenters. The number of nitrogens with zero attached hydrogens (tertiary/aromatic N) is 1. The Morgan fingerprint density at radius 2 is 1.67 bits per heavy atom. The maximum Gasteiger partial charge on any atom is 0.258 e. The zero-order valence-electron chi connectivity index (χ0n) is 11.0. The first-order valence-electron chi connectivity index (χ1n) is 5.94. The number of benzene rings is 2. The van der Waals surface area contributed by atoms with Crippen molar-refractivity contribution < 1.29 is 18.0 Å². The van der Waals surface area contributed by atoms with E-state index in [1.54, 1.807) is 6.07 Å². The number of para-hydroxylation sites is 1. The summed E-state index contributed by atoms with van der Waals surface area (Å²) in [4.78, 5) is 13.1. The van der Waals surface area contributed by atoms with E-state index in [-0.39, 0.29) is 11.3 Å². The number of anilines is 2.